The van der Waals surface area contributed by atoms with Crippen LogP contribution in [0.25, 0.3) is 22.0 Å². The van der Waals surface area contributed by atoms with E-state index >= 15 is 0 Å². The van der Waals surface area contributed by atoms with Crippen LogP contribution in [0.4, 0.5) is 4.39 Å². The van der Waals surface area contributed by atoms with Crippen LogP contribution >= 0.6 is 0 Å². The summed E-state index contributed by atoms with van der Waals surface area (Å²) in [7, 11) is 0. The van der Waals surface area contributed by atoms with Gasteiger partial charge in [-0.3, -0.25) is 4.98 Å². The molecule has 1 aromatic heterocycles. The van der Waals surface area contributed by atoms with Gasteiger partial charge in [-0.05, 0) is 48.4 Å². The highest BCUT2D eigenvalue weighted by molar-refractivity contribution is 5.85. The number of carboxylic acids is 1. The predicted octanol–water partition coefficient (Wildman–Crippen LogP) is 4.67. The minimum absolute atomic E-state index is 0.307. The molecule has 5 heteroatoms. The second kappa shape index (κ2) is 7.30. The molecule has 3 rings (SSSR count). The minimum Gasteiger partial charge on any atom is -0.479 e. The summed E-state index contributed by atoms with van der Waals surface area (Å²) in [6.07, 6.45) is 1.97. The van der Waals surface area contributed by atoms with Gasteiger partial charge in [-0.25, -0.2) is 9.18 Å². The number of ether oxygens (including phenoxy) is 1. The maximum atomic E-state index is 13.4. The largest absolute Gasteiger partial charge is 0.479 e. The average molecular weight is 339 g/mol. The summed E-state index contributed by atoms with van der Waals surface area (Å²) >= 11 is 0. The van der Waals surface area contributed by atoms with Crippen molar-refractivity contribution < 1.29 is 19.0 Å². The Balaban J connectivity index is 1.94. The van der Waals surface area contributed by atoms with Crippen LogP contribution in [0.5, 0.6) is 5.75 Å². The summed E-state index contributed by atoms with van der Waals surface area (Å²) in [5.74, 6) is -0.807. The topological polar surface area (TPSA) is 59.4 Å². The molecule has 25 heavy (non-hydrogen) atoms. The molecule has 1 heterocycles. The van der Waals surface area contributed by atoms with Gasteiger partial charge in [-0.2, -0.15) is 0 Å². The van der Waals surface area contributed by atoms with Gasteiger partial charge >= 0.3 is 5.97 Å². The van der Waals surface area contributed by atoms with Crippen molar-refractivity contribution in [2.75, 3.05) is 0 Å². The second-order valence-corrected chi connectivity index (χ2v) is 5.82. The smallest absolute Gasteiger partial charge is 0.344 e. The molecule has 1 atom stereocenters. The lowest BCUT2D eigenvalue weighted by Crippen LogP contribution is -2.26. The number of carboxylic acid groups (broad SMARTS) is 1. The third-order valence-corrected chi connectivity index (χ3v) is 3.92. The van der Waals surface area contributed by atoms with E-state index in [1.807, 2.05) is 19.1 Å². The van der Waals surface area contributed by atoms with Crippen LogP contribution in [0.3, 0.4) is 0 Å². The van der Waals surface area contributed by atoms with Crippen molar-refractivity contribution in [2.24, 2.45) is 0 Å². The Bertz CT molecular complexity index is 910. The summed E-state index contributed by atoms with van der Waals surface area (Å²) < 4.78 is 19.0. The quantitative estimate of drug-likeness (QED) is 0.709. The molecule has 1 N–H and O–H groups in total. The van der Waals surface area contributed by atoms with Gasteiger partial charge in [0.05, 0.1) is 5.52 Å². The normalized spacial score (nSPS) is 12.1. The summed E-state index contributed by atoms with van der Waals surface area (Å²) in [6.45, 7) is 1.91. The van der Waals surface area contributed by atoms with Crippen molar-refractivity contribution in [1.82, 2.24) is 4.98 Å². The zero-order valence-electron chi connectivity index (χ0n) is 13.8. The van der Waals surface area contributed by atoms with Crippen molar-refractivity contribution in [3.63, 3.8) is 0 Å². The number of hydrogen-bond acceptors (Lipinski definition) is 3. The van der Waals surface area contributed by atoms with E-state index in [0.717, 1.165) is 28.5 Å². The van der Waals surface area contributed by atoms with Gasteiger partial charge in [-0.15, -0.1) is 0 Å². The monoisotopic (exact) mass is 339 g/mol. The van der Waals surface area contributed by atoms with Crippen molar-refractivity contribution >= 4 is 16.9 Å². The number of carbonyl (C=O) groups is 1. The molecule has 3 aromatic rings. The van der Waals surface area contributed by atoms with E-state index < -0.39 is 12.1 Å². The van der Waals surface area contributed by atoms with Gasteiger partial charge in [0, 0.05) is 17.1 Å². The van der Waals surface area contributed by atoms with E-state index in [2.05, 4.69) is 4.98 Å². The van der Waals surface area contributed by atoms with Crippen molar-refractivity contribution in [3.8, 4) is 16.9 Å². The molecule has 0 saturated heterocycles. The van der Waals surface area contributed by atoms with Crippen molar-refractivity contribution in [1.29, 1.82) is 0 Å². The molecule has 1 unspecified atom stereocenters. The van der Waals surface area contributed by atoms with Crippen LogP contribution in [0, 0.1) is 5.82 Å². The molecule has 0 bridgehead atoms. The van der Waals surface area contributed by atoms with Crippen LogP contribution in [0.1, 0.15) is 19.8 Å². The number of aliphatic carboxylic acids is 1. The number of pyridine rings is 1. The van der Waals surface area contributed by atoms with Crippen molar-refractivity contribution in [3.05, 3.63) is 60.5 Å². The molecular formula is C20H18FNO3. The fourth-order valence-electron chi connectivity index (χ4n) is 2.67. The van der Waals surface area contributed by atoms with Crippen LogP contribution in [0.15, 0.2) is 54.7 Å². The molecule has 128 valence electrons. The summed E-state index contributed by atoms with van der Waals surface area (Å²) in [5, 5.41) is 10.0. The van der Waals surface area contributed by atoms with E-state index in [9.17, 15) is 14.3 Å². The molecule has 0 aliphatic carbocycles. The number of rotatable bonds is 6. The summed E-state index contributed by atoms with van der Waals surface area (Å²) in [4.78, 5) is 15.6. The molecule has 2 aromatic carbocycles. The molecule has 4 nitrogen and oxygen atoms in total. The first-order valence-corrected chi connectivity index (χ1v) is 8.12. The highest BCUT2D eigenvalue weighted by Gasteiger charge is 2.18. The van der Waals surface area contributed by atoms with E-state index in [1.54, 1.807) is 30.5 Å². The molecule has 0 radical (unpaired) electrons. The van der Waals surface area contributed by atoms with Gasteiger partial charge in [-0.1, -0.05) is 25.5 Å². The minimum atomic E-state index is -0.978. The molecule has 0 aliphatic heterocycles. The van der Waals surface area contributed by atoms with Crippen LogP contribution in [-0.2, 0) is 4.79 Å². The first kappa shape index (κ1) is 16.9. The van der Waals surface area contributed by atoms with Gasteiger partial charge in [0.25, 0.3) is 0 Å². The molecule has 0 spiro atoms. The number of halogens is 1. The average Bonchev–Trinajstić information content (AvgIpc) is 2.60. The number of benzene rings is 2. The van der Waals surface area contributed by atoms with Gasteiger partial charge in [0.15, 0.2) is 6.10 Å². The second-order valence-electron chi connectivity index (χ2n) is 5.82. The standard InChI is InChI=1S/C20H18FNO3/c1-2-4-19(20(23)24)25-17-7-8-18-14(11-17)9-15(12-22-18)13-5-3-6-16(21)10-13/h3,5-12,19H,2,4H2,1H3,(H,23,24). The maximum absolute atomic E-state index is 13.4. The Morgan fingerprint density at radius 2 is 2.04 bits per heavy atom. The van der Waals surface area contributed by atoms with E-state index in [-0.39, 0.29) is 5.82 Å². The Morgan fingerprint density at radius 3 is 2.76 bits per heavy atom. The predicted molar refractivity (Wildman–Crippen MR) is 94.1 cm³/mol. The van der Waals surface area contributed by atoms with Gasteiger partial charge in [0.1, 0.15) is 11.6 Å². The lowest BCUT2D eigenvalue weighted by Gasteiger charge is -2.14. The van der Waals surface area contributed by atoms with E-state index in [0.29, 0.717) is 12.2 Å². The third kappa shape index (κ3) is 3.94. The van der Waals surface area contributed by atoms with E-state index in [4.69, 9.17) is 4.74 Å². The Hall–Kier alpha value is -2.95. The Labute approximate surface area is 144 Å². The van der Waals surface area contributed by atoms with Crippen LogP contribution in [-0.4, -0.2) is 22.2 Å². The highest BCUT2D eigenvalue weighted by atomic mass is 19.1. The first-order valence-electron chi connectivity index (χ1n) is 8.12. The molecule has 0 saturated carbocycles. The number of nitrogens with zero attached hydrogens (tertiary/aromatic N) is 1. The Morgan fingerprint density at radius 1 is 1.20 bits per heavy atom. The SMILES string of the molecule is CCCC(Oc1ccc2ncc(-c3cccc(F)c3)cc2c1)C(=O)O. The summed E-state index contributed by atoms with van der Waals surface area (Å²) in [6, 6.07) is 13.4. The molecule has 0 fully saturated rings. The number of fused-ring (bicyclic) bond motifs is 1. The molecular weight excluding hydrogens is 321 g/mol. The lowest BCUT2D eigenvalue weighted by molar-refractivity contribution is -0.145. The highest BCUT2D eigenvalue weighted by Crippen LogP contribution is 2.26. The fraction of sp³-hybridized carbons (Fsp3) is 0.200. The first-order chi connectivity index (χ1) is 12.1. The molecule has 0 amide bonds. The number of hydrogen-bond donors (Lipinski definition) is 1. The summed E-state index contributed by atoms with van der Waals surface area (Å²) in [5.41, 5.74) is 2.28. The van der Waals surface area contributed by atoms with Gasteiger partial charge in [0.2, 0.25) is 0 Å². The van der Waals surface area contributed by atoms with Crippen LogP contribution in [0.2, 0.25) is 0 Å². The fourth-order valence-corrected chi connectivity index (χ4v) is 2.67. The van der Waals surface area contributed by atoms with Crippen LogP contribution < -0.4 is 4.74 Å². The maximum Gasteiger partial charge on any atom is 0.344 e. The Kier molecular flexibility index (Phi) is 4.93. The van der Waals surface area contributed by atoms with Crippen molar-refractivity contribution in [2.45, 2.75) is 25.9 Å². The third-order valence-electron chi connectivity index (χ3n) is 3.92. The van der Waals surface area contributed by atoms with Gasteiger partial charge < -0.3 is 9.84 Å². The van der Waals surface area contributed by atoms with E-state index in [1.165, 1.54) is 12.1 Å². The zero-order valence-corrected chi connectivity index (χ0v) is 13.8. The zero-order chi connectivity index (χ0) is 17.8. The number of aromatic nitrogens is 1. The lowest BCUT2D eigenvalue weighted by atomic mass is 10.1. The molecule has 0 aliphatic rings.